The highest BCUT2D eigenvalue weighted by molar-refractivity contribution is 7.10. The summed E-state index contributed by atoms with van der Waals surface area (Å²) in [7, 11) is 1.52. The standard InChI is InChI=1S/C10H16N2O2S.ClH/c1-7(9-4-3-5-15-9)12-10(13)8(11)6-14-2;/h3-5,7-8H,6,11H2,1-2H3,(H,12,13);1H. The number of ether oxygens (including phenoxy) is 1. The zero-order chi connectivity index (χ0) is 11.3. The van der Waals surface area contributed by atoms with Gasteiger partial charge in [0, 0.05) is 12.0 Å². The number of thiophene rings is 1. The third kappa shape index (κ3) is 4.49. The number of carbonyl (C=O) groups excluding carboxylic acids is 1. The molecule has 0 aromatic carbocycles. The van der Waals surface area contributed by atoms with Crippen LogP contribution >= 0.6 is 23.7 Å². The highest BCUT2D eigenvalue weighted by Crippen LogP contribution is 2.17. The van der Waals surface area contributed by atoms with Crippen molar-refractivity contribution in [1.29, 1.82) is 0 Å². The first-order chi connectivity index (χ1) is 7.15. The molecule has 1 aromatic rings. The van der Waals surface area contributed by atoms with E-state index in [1.807, 2.05) is 24.4 Å². The molecule has 1 amide bonds. The van der Waals surface area contributed by atoms with E-state index >= 15 is 0 Å². The molecule has 0 aliphatic heterocycles. The topological polar surface area (TPSA) is 64.3 Å². The molecule has 92 valence electrons. The van der Waals surface area contributed by atoms with E-state index in [0.717, 1.165) is 4.88 Å². The summed E-state index contributed by atoms with van der Waals surface area (Å²) in [6.07, 6.45) is 0. The van der Waals surface area contributed by atoms with E-state index in [9.17, 15) is 4.79 Å². The second kappa shape index (κ2) is 7.62. The lowest BCUT2D eigenvalue weighted by molar-refractivity contribution is -0.124. The summed E-state index contributed by atoms with van der Waals surface area (Å²) in [6, 6.07) is 3.34. The fraction of sp³-hybridized carbons (Fsp3) is 0.500. The van der Waals surface area contributed by atoms with Gasteiger partial charge in [0.15, 0.2) is 0 Å². The number of nitrogens with one attached hydrogen (secondary N) is 1. The predicted octanol–water partition coefficient (Wildman–Crippen LogP) is 1.32. The maximum Gasteiger partial charge on any atom is 0.239 e. The van der Waals surface area contributed by atoms with Crippen LogP contribution in [0, 0.1) is 0 Å². The van der Waals surface area contributed by atoms with Gasteiger partial charge in [0.05, 0.1) is 12.6 Å². The first kappa shape index (κ1) is 15.4. The molecule has 1 heterocycles. The van der Waals surface area contributed by atoms with Crippen molar-refractivity contribution in [2.24, 2.45) is 5.73 Å². The van der Waals surface area contributed by atoms with Crippen LogP contribution in [0.25, 0.3) is 0 Å². The van der Waals surface area contributed by atoms with Gasteiger partial charge in [0.2, 0.25) is 5.91 Å². The molecule has 0 saturated carbocycles. The first-order valence-corrected chi connectivity index (χ1v) is 5.61. The third-order valence-corrected chi connectivity index (χ3v) is 3.07. The van der Waals surface area contributed by atoms with Crippen LogP contribution in [0.4, 0.5) is 0 Å². The van der Waals surface area contributed by atoms with E-state index in [2.05, 4.69) is 5.32 Å². The van der Waals surface area contributed by atoms with Crippen LogP contribution in [0.5, 0.6) is 0 Å². The molecule has 0 aliphatic rings. The van der Waals surface area contributed by atoms with Crippen LogP contribution in [0.1, 0.15) is 17.8 Å². The minimum Gasteiger partial charge on any atom is -0.383 e. The van der Waals surface area contributed by atoms with Gasteiger partial charge < -0.3 is 15.8 Å². The average molecular weight is 265 g/mol. The van der Waals surface area contributed by atoms with Gasteiger partial charge in [-0.15, -0.1) is 23.7 Å². The average Bonchev–Trinajstić information content (AvgIpc) is 2.70. The van der Waals surface area contributed by atoms with Gasteiger partial charge in [-0.05, 0) is 18.4 Å². The zero-order valence-electron chi connectivity index (χ0n) is 9.30. The fourth-order valence-electron chi connectivity index (χ4n) is 1.18. The molecule has 0 aliphatic carbocycles. The van der Waals surface area contributed by atoms with Crippen LogP contribution in [-0.2, 0) is 9.53 Å². The lowest BCUT2D eigenvalue weighted by atomic mass is 10.2. The first-order valence-electron chi connectivity index (χ1n) is 4.73. The van der Waals surface area contributed by atoms with Gasteiger partial charge >= 0.3 is 0 Å². The lowest BCUT2D eigenvalue weighted by Gasteiger charge is -2.15. The number of nitrogens with two attached hydrogens (primary N) is 1. The highest BCUT2D eigenvalue weighted by atomic mass is 35.5. The van der Waals surface area contributed by atoms with Gasteiger partial charge in [-0.3, -0.25) is 4.79 Å². The summed E-state index contributed by atoms with van der Waals surface area (Å²) >= 11 is 1.61. The number of hydrogen-bond acceptors (Lipinski definition) is 4. The van der Waals surface area contributed by atoms with Crippen LogP contribution in [0.15, 0.2) is 17.5 Å². The molecule has 0 saturated heterocycles. The SMILES string of the molecule is COCC(N)C(=O)NC(C)c1cccs1.Cl. The molecule has 0 spiro atoms. The summed E-state index contributed by atoms with van der Waals surface area (Å²) in [4.78, 5) is 12.6. The quantitative estimate of drug-likeness (QED) is 0.843. The van der Waals surface area contributed by atoms with Crippen LogP contribution in [0.3, 0.4) is 0 Å². The zero-order valence-corrected chi connectivity index (χ0v) is 10.9. The number of carbonyl (C=O) groups is 1. The summed E-state index contributed by atoms with van der Waals surface area (Å²) in [5.74, 6) is -0.183. The summed E-state index contributed by atoms with van der Waals surface area (Å²) in [6.45, 7) is 2.17. The van der Waals surface area contributed by atoms with Gasteiger partial charge in [0.1, 0.15) is 6.04 Å². The fourth-order valence-corrected chi connectivity index (χ4v) is 1.92. The van der Waals surface area contributed by atoms with Crippen LogP contribution in [-0.4, -0.2) is 25.7 Å². The Kier molecular flexibility index (Phi) is 7.33. The van der Waals surface area contributed by atoms with Crippen molar-refractivity contribution in [3.05, 3.63) is 22.4 Å². The number of methoxy groups -OCH3 is 1. The summed E-state index contributed by atoms with van der Waals surface area (Å²) in [5, 5.41) is 4.81. The molecular formula is C10H17ClN2O2S. The van der Waals surface area contributed by atoms with Crippen molar-refractivity contribution in [2.75, 3.05) is 13.7 Å². The Morgan fingerprint density at radius 2 is 2.38 bits per heavy atom. The number of amides is 1. The van der Waals surface area contributed by atoms with Gasteiger partial charge in [0.25, 0.3) is 0 Å². The minimum absolute atomic E-state index is 0. The van der Waals surface area contributed by atoms with E-state index in [1.165, 1.54) is 7.11 Å². The highest BCUT2D eigenvalue weighted by Gasteiger charge is 2.16. The van der Waals surface area contributed by atoms with Crippen molar-refractivity contribution in [1.82, 2.24) is 5.32 Å². The Labute approximate surface area is 106 Å². The second-order valence-electron chi connectivity index (χ2n) is 3.31. The number of halogens is 1. The molecule has 0 fully saturated rings. The Balaban J connectivity index is 0.00000225. The molecular weight excluding hydrogens is 248 g/mol. The number of hydrogen-bond donors (Lipinski definition) is 2. The van der Waals surface area contributed by atoms with Crippen LogP contribution in [0.2, 0.25) is 0 Å². The number of rotatable bonds is 5. The maximum atomic E-state index is 11.5. The maximum absolute atomic E-state index is 11.5. The summed E-state index contributed by atoms with van der Waals surface area (Å²) in [5.41, 5.74) is 5.60. The van der Waals surface area contributed by atoms with E-state index in [0.29, 0.717) is 0 Å². The molecule has 16 heavy (non-hydrogen) atoms. The molecule has 4 nitrogen and oxygen atoms in total. The van der Waals surface area contributed by atoms with Crippen molar-refractivity contribution >= 4 is 29.7 Å². The van der Waals surface area contributed by atoms with E-state index < -0.39 is 6.04 Å². The third-order valence-electron chi connectivity index (χ3n) is 2.01. The molecule has 6 heteroatoms. The Bertz CT molecular complexity index is 306. The van der Waals surface area contributed by atoms with Crippen molar-refractivity contribution < 1.29 is 9.53 Å². The van der Waals surface area contributed by atoms with Crippen LogP contribution < -0.4 is 11.1 Å². The molecule has 1 aromatic heterocycles. The monoisotopic (exact) mass is 264 g/mol. The van der Waals surface area contributed by atoms with E-state index in [-0.39, 0.29) is 31.0 Å². The minimum atomic E-state index is -0.600. The molecule has 2 atom stereocenters. The van der Waals surface area contributed by atoms with Gasteiger partial charge in [-0.25, -0.2) is 0 Å². The molecule has 3 N–H and O–H groups in total. The van der Waals surface area contributed by atoms with Gasteiger partial charge in [-0.2, -0.15) is 0 Å². The van der Waals surface area contributed by atoms with Crippen molar-refractivity contribution in [3.8, 4) is 0 Å². The Morgan fingerprint density at radius 3 is 2.88 bits per heavy atom. The largest absolute Gasteiger partial charge is 0.383 e. The molecule has 1 rings (SSSR count). The summed E-state index contributed by atoms with van der Waals surface area (Å²) < 4.78 is 4.81. The molecule has 0 bridgehead atoms. The van der Waals surface area contributed by atoms with E-state index in [1.54, 1.807) is 11.3 Å². The van der Waals surface area contributed by atoms with Crippen molar-refractivity contribution in [3.63, 3.8) is 0 Å². The normalized spacial score (nSPS) is 13.7. The Morgan fingerprint density at radius 1 is 1.69 bits per heavy atom. The lowest BCUT2D eigenvalue weighted by Crippen LogP contribution is -2.44. The molecule has 2 unspecified atom stereocenters. The van der Waals surface area contributed by atoms with Crippen molar-refractivity contribution in [2.45, 2.75) is 19.0 Å². The molecule has 0 radical (unpaired) electrons. The van der Waals surface area contributed by atoms with Gasteiger partial charge in [-0.1, -0.05) is 6.07 Å². The predicted molar refractivity (Wildman–Crippen MR) is 68.0 cm³/mol. The Hall–Kier alpha value is -0.620. The second-order valence-corrected chi connectivity index (χ2v) is 4.29. The smallest absolute Gasteiger partial charge is 0.239 e. The van der Waals surface area contributed by atoms with E-state index in [4.69, 9.17) is 10.5 Å².